The molecule has 25 heavy (non-hydrogen) atoms. The van der Waals surface area contributed by atoms with Crippen LogP contribution in [0.1, 0.15) is 23.7 Å². The van der Waals surface area contributed by atoms with Crippen molar-refractivity contribution in [3.8, 4) is 11.5 Å². The molecule has 1 aromatic heterocycles. The highest BCUT2D eigenvalue weighted by molar-refractivity contribution is 5.43. The molecule has 5 nitrogen and oxygen atoms in total. The number of aryl methyl sites for hydroxylation is 2. The molecule has 0 saturated carbocycles. The van der Waals surface area contributed by atoms with Crippen molar-refractivity contribution in [2.45, 2.75) is 39.7 Å². The normalized spacial score (nSPS) is 11.6. The minimum absolute atomic E-state index is 0.0728. The van der Waals surface area contributed by atoms with Gasteiger partial charge in [-0.3, -0.25) is 4.68 Å². The topological polar surface area (TPSA) is 48.3 Å². The highest BCUT2D eigenvalue weighted by Gasteiger charge is 2.29. The molecular weight excluding hydrogens is 335 g/mol. The Morgan fingerprint density at radius 1 is 1.20 bits per heavy atom. The van der Waals surface area contributed by atoms with Crippen LogP contribution in [0.5, 0.6) is 11.5 Å². The Bertz CT molecular complexity index is 699. The number of nitrogens with zero attached hydrogens (tertiary/aromatic N) is 2. The monoisotopic (exact) mass is 357 g/mol. The third-order valence-corrected chi connectivity index (χ3v) is 3.64. The highest BCUT2D eigenvalue weighted by atomic mass is 19.4. The largest absolute Gasteiger partial charge is 0.493 e. The van der Waals surface area contributed by atoms with Crippen LogP contribution < -0.4 is 14.8 Å². The zero-order valence-corrected chi connectivity index (χ0v) is 14.5. The van der Waals surface area contributed by atoms with E-state index in [2.05, 4.69) is 10.4 Å². The Balaban J connectivity index is 1.94. The van der Waals surface area contributed by atoms with Crippen molar-refractivity contribution in [3.05, 3.63) is 41.2 Å². The van der Waals surface area contributed by atoms with E-state index < -0.39 is 12.8 Å². The van der Waals surface area contributed by atoms with E-state index in [0.29, 0.717) is 13.1 Å². The van der Waals surface area contributed by atoms with Gasteiger partial charge in [0.15, 0.2) is 18.1 Å². The summed E-state index contributed by atoms with van der Waals surface area (Å²) < 4.78 is 48.6. The second-order valence-corrected chi connectivity index (χ2v) is 5.59. The van der Waals surface area contributed by atoms with Crippen LogP contribution >= 0.6 is 0 Å². The third kappa shape index (κ3) is 5.67. The molecule has 0 aliphatic carbocycles. The van der Waals surface area contributed by atoms with E-state index >= 15 is 0 Å². The number of benzene rings is 1. The van der Waals surface area contributed by atoms with Crippen LogP contribution in [0.2, 0.25) is 0 Å². The standard InChI is InChI=1S/C17H22F3N3O2/c1-4-23-10-14(12(2)22-23)9-21-8-13-5-6-15(16(7-13)24-3)25-11-17(18,19)20/h5-7,10,21H,4,8-9,11H2,1-3H3. The van der Waals surface area contributed by atoms with E-state index in [9.17, 15) is 13.2 Å². The van der Waals surface area contributed by atoms with E-state index in [1.54, 1.807) is 12.1 Å². The summed E-state index contributed by atoms with van der Waals surface area (Å²) in [4.78, 5) is 0. The number of hydrogen-bond acceptors (Lipinski definition) is 4. The van der Waals surface area contributed by atoms with Gasteiger partial charge in [-0.05, 0) is 31.5 Å². The lowest BCUT2D eigenvalue weighted by Crippen LogP contribution is -2.19. The number of alkyl halides is 3. The zero-order valence-electron chi connectivity index (χ0n) is 14.5. The predicted molar refractivity (Wildman–Crippen MR) is 87.7 cm³/mol. The summed E-state index contributed by atoms with van der Waals surface area (Å²) >= 11 is 0. The molecule has 0 fully saturated rings. The van der Waals surface area contributed by atoms with E-state index in [1.807, 2.05) is 24.7 Å². The van der Waals surface area contributed by atoms with Gasteiger partial charge in [0.05, 0.1) is 12.8 Å². The Morgan fingerprint density at radius 2 is 1.96 bits per heavy atom. The van der Waals surface area contributed by atoms with Crippen molar-refractivity contribution in [1.82, 2.24) is 15.1 Å². The molecule has 0 saturated heterocycles. The van der Waals surface area contributed by atoms with Gasteiger partial charge in [-0.25, -0.2) is 0 Å². The maximum atomic E-state index is 12.3. The highest BCUT2D eigenvalue weighted by Crippen LogP contribution is 2.29. The van der Waals surface area contributed by atoms with Crippen LogP contribution in [-0.4, -0.2) is 29.7 Å². The first kappa shape index (κ1) is 19.1. The van der Waals surface area contributed by atoms with Crippen LogP contribution in [0.3, 0.4) is 0 Å². The summed E-state index contributed by atoms with van der Waals surface area (Å²) in [6.07, 6.45) is -2.39. The molecule has 0 aliphatic heterocycles. The number of methoxy groups -OCH3 is 1. The predicted octanol–water partition coefficient (Wildman–Crippen LogP) is 3.45. The fourth-order valence-electron chi connectivity index (χ4n) is 2.34. The molecule has 0 radical (unpaired) electrons. The molecular formula is C17H22F3N3O2. The molecule has 2 aromatic rings. The van der Waals surface area contributed by atoms with Crippen molar-refractivity contribution in [3.63, 3.8) is 0 Å². The minimum atomic E-state index is -4.38. The zero-order chi connectivity index (χ0) is 18.4. The number of halogens is 3. The van der Waals surface area contributed by atoms with Gasteiger partial charge in [0.25, 0.3) is 0 Å². The maximum absolute atomic E-state index is 12.3. The molecule has 2 rings (SSSR count). The van der Waals surface area contributed by atoms with E-state index in [0.717, 1.165) is 23.4 Å². The van der Waals surface area contributed by atoms with Crippen LogP contribution in [0.15, 0.2) is 24.4 Å². The Kier molecular flexibility index (Phi) is 6.30. The number of rotatable bonds is 8. The summed E-state index contributed by atoms with van der Waals surface area (Å²) in [5.41, 5.74) is 2.97. The van der Waals surface area contributed by atoms with Gasteiger partial charge in [-0.1, -0.05) is 6.07 Å². The number of hydrogen-bond donors (Lipinski definition) is 1. The molecule has 0 unspecified atom stereocenters. The summed E-state index contributed by atoms with van der Waals surface area (Å²) in [5.74, 6) is 0.349. The van der Waals surface area contributed by atoms with E-state index in [1.165, 1.54) is 13.2 Å². The van der Waals surface area contributed by atoms with Gasteiger partial charge in [0.1, 0.15) is 0 Å². The molecule has 0 atom stereocenters. The second-order valence-electron chi connectivity index (χ2n) is 5.59. The van der Waals surface area contributed by atoms with Gasteiger partial charge >= 0.3 is 6.18 Å². The van der Waals surface area contributed by atoms with Gasteiger partial charge in [0.2, 0.25) is 0 Å². The lowest BCUT2D eigenvalue weighted by molar-refractivity contribution is -0.153. The molecule has 0 amide bonds. The fourth-order valence-corrected chi connectivity index (χ4v) is 2.34. The lowest BCUT2D eigenvalue weighted by Gasteiger charge is -2.13. The molecule has 1 aromatic carbocycles. The number of nitrogens with one attached hydrogen (secondary N) is 1. The van der Waals surface area contributed by atoms with Gasteiger partial charge in [-0.2, -0.15) is 18.3 Å². The molecule has 1 N–H and O–H groups in total. The summed E-state index contributed by atoms with van der Waals surface area (Å²) in [5, 5.41) is 7.68. The van der Waals surface area contributed by atoms with Crippen molar-refractivity contribution in [2.75, 3.05) is 13.7 Å². The lowest BCUT2D eigenvalue weighted by atomic mass is 10.2. The molecule has 138 valence electrons. The van der Waals surface area contributed by atoms with Crippen LogP contribution in [0.4, 0.5) is 13.2 Å². The molecule has 8 heteroatoms. The second kappa shape index (κ2) is 8.24. The molecule has 0 bridgehead atoms. The van der Waals surface area contributed by atoms with Crippen molar-refractivity contribution >= 4 is 0 Å². The van der Waals surface area contributed by atoms with E-state index in [4.69, 9.17) is 9.47 Å². The average Bonchev–Trinajstić information content (AvgIpc) is 2.93. The molecule has 0 spiro atoms. The van der Waals surface area contributed by atoms with Crippen LogP contribution in [0.25, 0.3) is 0 Å². The first-order valence-corrected chi connectivity index (χ1v) is 7.92. The van der Waals surface area contributed by atoms with Gasteiger partial charge in [-0.15, -0.1) is 0 Å². The van der Waals surface area contributed by atoms with Gasteiger partial charge in [0, 0.05) is 31.4 Å². The number of ether oxygens (including phenoxy) is 2. The smallest absolute Gasteiger partial charge is 0.422 e. The summed E-state index contributed by atoms with van der Waals surface area (Å²) in [6, 6.07) is 4.87. The van der Waals surface area contributed by atoms with Crippen LogP contribution in [-0.2, 0) is 19.6 Å². The van der Waals surface area contributed by atoms with E-state index in [-0.39, 0.29) is 11.5 Å². The fraction of sp³-hybridized carbons (Fsp3) is 0.471. The quantitative estimate of drug-likeness (QED) is 0.786. The Labute approximate surface area is 144 Å². The first-order chi connectivity index (χ1) is 11.8. The summed E-state index contributed by atoms with van der Waals surface area (Å²) in [7, 11) is 1.40. The molecule has 0 aliphatic rings. The van der Waals surface area contributed by atoms with Gasteiger partial charge < -0.3 is 14.8 Å². The Morgan fingerprint density at radius 3 is 2.56 bits per heavy atom. The maximum Gasteiger partial charge on any atom is 0.422 e. The van der Waals surface area contributed by atoms with Crippen molar-refractivity contribution in [2.24, 2.45) is 0 Å². The number of aromatic nitrogens is 2. The SMILES string of the molecule is CCn1cc(CNCc2ccc(OCC(F)(F)F)c(OC)c2)c(C)n1. The average molecular weight is 357 g/mol. The third-order valence-electron chi connectivity index (χ3n) is 3.64. The summed E-state index contributed by atoms with van der Waals surface area (Å²) in [6.45, 7) is 4.66. The Hall–Kier alpha value is -2.22. The minimum Gasteiger partial charge on any atom is -0.493 e. The molecule has 1 heterocycles. The van der Waals surface area contributed by atoms with Crippen LogP contribution in [0, 0.1) is 6.92 Å². The first-order valence-electron chi connectivity index (χ1n) is 7.92. The van der Waals surface area contributed by atoms with Crippen molar-refractivity contribution < 1.29 is 22.6 Å². The van der Waals surface area contributed by atoms with Crippen molar-refractivity contribution in [1.29, 1.82) is 0 Å².